The van der Waals surface area contributed by atoms with Gasteiger partial charge in [0.1, 0.15) is 5.75 Å². The third-order valence-corrected chi connectivity index (χ3v) is 3.71. The van der Waals surface area contributed by atoms with Crippen molar-refractivity contribution in [2.24, 2.45) is 5.73 Å². The third kappa shape index (κ3) is 4.24. The predicted molar refractivity (Wildman–Crippen MR) is 82.6 cm³/mol. The normalized spacial score (nSPS) is 12.0. The zero-order valence-electron chi connectivity index (χ0n) is 8.34. The highest BCUT2D eigenvalue weighted by atomic mass is 127. The fraction of sp³-hybridized carbons (Fsp3) is 0.400. The van der Waals surface area contributed by atoms with Crippen molar-refractivity contribution in [1.29, 1.82) is 0 Å². The van der Waals surface area contributed by atoms with Gasteiger partial charge in [0.05, 0.1) is 7.14 Å². The second-order valence-corrected chi connectivity index (χ2v) is 5.55. The first-order valence-electron chi connectivity index (χ1n) is 4.49. The van der Waals surface area contributed by atoms with Gasteiger partial charge in [-0.3, -0.25) is 0 Å². The van der Waals surface area contributed by atoms with E-state index >= 15 is 0 Å². The second-order valence-electron chi connectivity index (χ2n) is 3.23. The van der Waals surface area contributed by atoms with Crippen LogP contribution in [-0.2, 0) is 0 Å². The van der Waals surface area contributed by atoms with Gasteiger partial charge >= 0.3 is 0 Å². The quantitative estimate of drug-likeness (QED) is 0.684. The molecule has 0 heterocycles. The maximum atomic E-state index is 9.59. The lowest BCUT2D eigenvalue weighted by molar-refractivity contribution is 0.467. The summed E-state index contributed by atoms with van der Waals surface area (Å²) in [5.74, 6) is 0.360. The van der Waals surface area contributed by atoms with Gasteiger partial charge in [-0.05, 0) is 69.3 Å². The molecule has 0 saturated heterocycles. The summed E-state index contributed by atoms with van der Waals surface area (Å²) in [6.07, 6.45) is 2.06. The molecule has 0 aromatic heterocycles. The van der Waals surface area contributed by atoms with E-state index in [1.807, 2.05) is 12.1 Å². The molecule has 2 nitrogen and oxygen atoms in total. The van der Waals surface area contributed by atoms with Crippen molar-refractivity contribution in [2.45, 2.75) is 25.8 Å². The lowest BCUT2D eigenvalue weighted by Crippen LogP contribution is -2.10. The van der Waals surface area contributed by atoms with Gasteiger partial charge in [-0.2, -0.15) is 0 Å². The standard InChI is InChI=1S/C10H13I2NO.ClH/c1-2-3-9(13)6-4-7(11)10(14)8(12)5-6;/h4-5,9,14H,2-3,13H2,1H3;1H/t9-;/m1./s1. The zero-order valence-corrected chi connectivity index (χ0v) is 13.5. The first kappa shape index (κ1) is 15.7. The largest absolute Gasteiger partial charge is 0.506 e. The molecule has 0 aliphatic carbocycles. The minimum atomic E-state index is 0. The molecule has 0 saturated carbocycles. The summed E-state index contributed by atoms with van der Waals surface area (Å²) < 4.78 is 1.74. The minimum absolute atomic E-state index is 0. The second kappa shape index (κ2) is 7.13. The first-order chi connectivity index (χ1) is 6.56. The van der Waals surface area contributed by atoms with Gasteiger partial charge in [0.2, 0.25) is 0 Å². The zero-order chi connectivity index (χ0) is 10.7. The van der Waals surface area contributed by atoms with Gasteiger partial charge in [0.25, 0.3) is 0 Å². The number of nitrogens with two attached hydrogens (primary N) is 1. The molecule has 0 aliphatic heterocycles. The fourth-order valence-corrected chi connectivity index (χ4v) is 3.09. The molecule has 1 rings (SSSR count). The van der Waals surface area contributed by atoms with Crippen molar-refractivity contribution >= 4 is 57.6 Å². The number of phenolic OH excluding ortho intramolecular Hbond substituents is 1. The first-order valence-corrected chi connectivity index (χ1v) is 6.65. The molecule has 0 fully saturated rings. The van der Waals surface area contributed by atoms with Crippen LogP contribution in [0.5, 0.6) is 5.75 Å². The number of benzene rings is 1. The summed E-state index contributed by atoms with van der Waals surface area (Å²) >= 11 is 4.25. The minimum Gasteiger partial charge on any atom is -0.506 e. The Morgan fingerprint density at radius 1 is 1.33 bits per heavy atom. The van der Waals surface area contributed by atoms with Crippen molar-refractivity contribution in [3.63, 3.8) is 0 Å². The molecule has 5 heteroatoms. The summed E-state index contributed by atoms with van der Waals surface area (Å²) in [5, 5.41) is 9.59. The van der Waals surface area contributed by atoms with E-state index in [0.29, 0.717) is 5.75 Å². The Morgan fingerprint density at radius 3 is 2.20 bits per heavy atom. The van der Waals surface area contributed by atoms with Crippen LogP contribution in [0, 0.1) is 7.14 Å². The van der Waals surface area contributed by atoms with Crippen molar-refractivity contribution in [1.82, 2.24) is 0 Å². The van der Waals surface area contributed by atoms with E-state index in [1.54, 1.807) is 0 Å². The molecule has 0 unspecified atom stereocenters. The van der Waals surface area contributed by atoms with Crippen LogP contribution < -0.4 is 5.73 Å². The van der Waals surface area contributed by atoms with Crippen LogP contribution in [-0.4, -0.2) is 5.11 Å². The maximum absolute atomic E-state index is 9.59. The molecular formula is C10H14ClI2NO. The fourth-order valence-electron chi connectivity index (χ4n) is 1.28. The molecule has 0 bridgehead atoms. The Hall–Kier alpha value is 0.730. The van der Waals surface area contributed by atoms with E-state index in [-0.39, 0.29) is 18.4 Å². The molecule has 0 radical (unpaired) electrons. The molecule has 0 spiro atoms. The van der Waals surface area contributed by atoms with Crippen LogP contribution in [0.15, 0.2) is 12.1 Å². The van der Waals surface area contributed by atoms with Crippen LogP contribution in [0.3, 0.4) is 0 Å². The molecule has 0 amide bonds. The Morgan fingerprint density at radius 2 is 1.80 bits per heavy atom. The summed E-state index contributed by atoms with van der Waals surface area (Å²) in [7, 11) is 0. The summed E-state index contributed by atoms with van der Waals surface area (Å²) in [5.41, 5.74) is 7.11. The number of aromatic hydroxyl groups is 1. The lowest BCUT2D eigenvalue weighted by Gasteiger charge is -2.12. The van der Waals surface area contributed by atoms with E-state index < -0.39 is 0 Å². The number of halogens is 3. The topological polar surface area (TPSA) is 46.2 Å². The van der Waals surface area contributed by atoms with Crippen molar-refractivity contribution in [3.05, 3.63) is 24.8 Å². The number of rotatable bonds is 3. The SMILES string of the molecule is CCC[C@@H](N)c1cc(I)c(O)c(I)c1.Cl. The third-order valence-electron chi connectivity index (χ3n) is 2.07. The van der Waals surface area contributed by atoms with Gasteiger partial charge in [-0.1, -0.05) is 13.3 Å². The molecule has 86 valence electrons. The van der Waals surface area contributed by atoms with E-state index in [2.05, 4.69) is 52.1 Å². The highest BCUT2D eigenvalue weighted by Gasteiger charge is 2.10. The van der Waals surface area contributed by atoms with E-state index in [9.17, 15) is 5.11 Å². The van der Waals surface area contributed by atoms with Gasteiger partial charge < -0.3 is 10.8 Å². The van der Waals surface area contributed by atoms with E-state index in [4.69, 9.17) is 5.73 Å². The number of hydrogen-bond donors (Lipinski definition) is 2. The maximum Gasteiger partial charge on any atom is 0.142 e. The lowest BCUT2D eigenvalue weighted by atomic mass is 10.0. The Labute approximate surface area is 124 Å². The molecule has 1 atom stereocenters. The van der Waals surface area contributed by atoms with Gasteiger partial charge in [-0.15, -0.1) is 12.4 Å². The Balaban J connectivity index is 0.00000196. The van der Waals surface area contributed by atoms with E-state index in [1.165, 1.54) is 0 Å². The molecular weight excluding hydrogens is 439 g/mol. The van der Waals surface area contributed by atoms with Gasteiger partial charge in [0, 0.05) is 6.04 Å². The highest BCUT2D eigenvalue weighted by Crippen LogP contribution is 2.30. The Kier molecular flexibility index (Phi) is 7.48. The van der Waals surface area contributed by atoms with Crippen LogP contribution >= 0.6 is 57.6 Å². The van der Waals surface area contributed by atoms with Gasteiger partial charge in [0.15, 0.2) is 0 Å². The Bertz CT molecular complexity index is 310. The molecule has 15 heavy (non-hydrogen) atoms. The smallest absolute Gasteiger partial charge is 0.142 e. The summed E-state index contributed by atoms with van der Waals surface area (Å²) in [4.78, 5) is 0. The monoisotopic (exact) mass is 453 g/mol. The molecule has 0 aliphatic rings. The highest BCUT2D eigenvalue weighted by molar-refractivity contribution is 14.1. The van der Waals surface area contributed by atoms with Crippen LogP contribution in [0.2, 0.25) is 0 Å². The van der Waals surface area contributed by atoms with Crippen LogP contribution in [0.1, 0.15) is 31.4 Å². The van der Waals surface area contributed by atoms with Crippen LogP contribution in [0.4, 0.5) is 0 Å². The summed E-state index contributed by atoms with van der Waals surface area (Å²) in [6, 6.07) is 4.00. The molecule has 1 aromatic carbocycles. The van der Waals surface area contributed by atoms with Crippen LogP contribution in [0.25, 0.3) is 0 Å². The number of phenols is 1. The van der Waals surface area contributed by atoms with E-state index in [0.717, 1.165) is 25.5 Å². The number of hydrogen-bond acceptors (Lipinski definition) is 2. The van der Waals surface area contributed by atoms with Crippen molar-refractivity contribution in [3.8, 4) is 5.75 Å². The molecule has 3 N–H and O–H groups in total. The predicted octanol–water partition coefficient (Wildman–Crippen LogP) is 3.82. The molecule has 1 aromatic rings. The average Bonchev–Trinajstić information content (AvgIpc) is 2.13. The van der Waals surface area contributed by atoms with Crippen molar-refractivity contribution in [2.75, 3.05) is 0 Å². The summed E-state index contributed by atoms with van der Waals surface area (Å²) in [6.45, 7) is 2.12. The van der Waals surface area contributed by atoms with Crippen molar-refractivity contribution < 1.29 is 5.11 Å². The van der Waals surface area contributed by atoms with Gasteiger partial charge in [-0.25, -0.2) is 0 Å². The average molecular weight is 453 g/mol.